The van der Waals surface area contributed by atoms with Crippen LogP contribution in [0.2, 0.25) is 0 Å². The maximum Gasteiger partial charge on any atom is 0.243 e. The smallest absolute Gasteiger partial charge is 0.243 e. The lowest BCUT2D eigenvalue weighted by atomic mass is 10.1. The summed E-state index contributed by atoms with van der Waals surface area (Å²) in [6, 6.07) is 25.7. The highest BCUT2D eigenvalue weighted by Crippen LogP contribution is 2.14. The highest BCUT2D eigenvalue weighted by molar-refractivity contribution is 7.89. The van der Waals surface area contributed by atoms with E-state index in [9.17, 15) is 13.2 Å². The molecule has 0 atom stereocenters. The van der Waals surface area contributed by atoms with Crippen LogP contribution in [0, 0.1) is 0 Å². The van der Waals surface area contributed by atoms with Gasteiger partial charge < -0.3 is 10.1 Å². The predicted molar refractivity (Wildman–Crippen MR) is 119 cm³/mol. The number of hydrogen-bond donors (Lipinski definition) is 1. The van der Waals surface area contributed by atoms with Crippen LogP contribution in [0.15, 0.2) is 89.8 Å². The first-order valence-corrected chi connectivity index (χ1v) is 11.4. The van der Waals surface area contributed by atoms with Crippen LogP contribution >= 0.6 is 0 Å². The zero-order chi connectivity index (χ0) is 22.1. The number of sulfonamides is 1. The molecule has 0 aliphatic carbocycles. The molecular formula is C24H26N2O4S. The Kier molecular flexibility index (Phi) is 7.94. The van der Waals surface area contributed by atoms with Crippen molar-refractivity contribution in [3.63, 3.8) is 0 Å². The van der Waals surface area contributed by atoms with E-state index in [0.717, 1.165) is 21.0 Å². The van der Waals surface area contributed by atoms with Crippen molar-refractivity contribution in [3.8, 4) is 0 Å². The quantitative estimate of drug-likeness (QED) is 0.527. The van der Waals surface area contributed by atoms with Crippen molar-refractivity contribution in [3.05, 3.63) is 102 Å². The number of likely N-dealkylation sites (N-methyl/N-ethyl adjacent to an activating group) is 1. The molecular weight excluding hydrogens is 412 g/mol. The standard InChI is InChI=1S/C24H26N2O4S/c1-26(31(28,29)23-14-6-3-7-15-23)17-24(27)25-16-21-12-8-9-13-22(21)19-30-18-20-10-4-2-5-11-20/h2-15H,16-19H2,1H3,(H,25,27). The SMILES string of the molecule is CN(CC(=O)NCc1ccccc1COCc1ccccc1)S(=O)(=O)c1ccccc1. The molecule has 1 N–H and O–H groups in total. The molecule has 0 aliphatic rings. The van der Waals surface area contributed by atoms with E-state index >= 15 is 0 Å². The molecule has 0 unspecified atom stereocenters. The van der Waals surface area contributed by atoms with Gasteiger partial charge in [0.15, 0.2) is 0 Å². The largest absolute Gasteiger partial charge is 0.372 e. The zero-order valence-corrected chi connectivity index (χ0v) is 18.2. The number of benzene rings is 3. The summed E-state index contributed by atoms with van der Waals surface area (Å²) in [6.07, 6.45) is 0. The monoisotopic (exact) mass is 438 g/mol. The molecule has 3 aromatic carbocycles. The van der Waals surface area contributed by atoms with Crippen molar-refractivity contribution >= 4 is 15.9 Å². The van der Waals surface area contributed by atoms with E-state index in [0.29, 0.717) is 19.8 Å². The van der Waals surface area contributed by atoms with Gasteiger partial charge in [0.1, 0.15) is 0 Å². The van der Waals surface area contributed by atoms with Gasteiger partial charge >= 0.3 is 0 Å². The zero-order valence-electron chi connectivity index (χ0n) is 17.4. The first-order valence-electron chi connectivity index (χ1n) is 9.93. The number of carbonyl (C=O) groups excluding carboxylic acids is 1. The van der Waals surface area contributed by atoms with Gasteiger partial charge in [-0.05, 0) is 28.8 Å². The Morgan fingerprint density at radius 1 is 0.839 bits per heavy atom. The van der Waals surface area contributed by atoms with E-state index in [-0.39, 0.29) is 17.3 Å². The van der Waals surface area contributed by atoms with Gasteiger partial charge in [-0.1, -0.05) is 72.8 Å². The summed E-state index contributed by atoms with van der Waals surface area (Å²) in [4.78, 5) is 12.5. The van der Waals surface area contributed by atoms with Crippen molar-refractivity contribution in [2.24, 2.45) is 0 Å². The van der Waals surface area contributed by atoms with Crippen molar-refractivity contribution in [2.75, 3.05) is 13.6 Å². The highest BCUT2D eigenvalue weighted by Gasteiger charge is 2.22. The molecule has 31 heavy (non-hydrogen) atoms. The number of ether oxygens (including phenoxy) is 1. The summed E-state index contributed by atoms with van der Waals surface area (Å²) in [6.45, 7) is 0.958. The molecule has 3 rings (SSSR count). The third-order valence-corrected chi connectivity index (χ3v) is 6.60. The third kappa shape index (κ3) is 6.49. The topological polar surface area (TPSA) is 75.7 Å². The van der Waals surface area contributed by atoms with Crippen LogP contribution in [0.1, 0.15) is 16.7 Å². The molecule has 1 amide bonds. The van der Waals surface area contributed by atoms with E-state index in [4.69, 9.17) is 4.74 Å². The van der Waals surface area contributed by atoms with Crippen LogP contribution in [0.25, 0.3) is 0 Å². The minimum Gasteiger partial charge on any atom is -0.372 e. The molecule has 0 bridgehead atoms. The van der Waals surface area contributed by atoms with Crippen LogP contribution in [0.3, 0.4) is 0 Å². The van der Waals surface area contributed by atoms with Crippen molar-refractivity contribution < 1.29 is 17.9 Å². The lowest BCUT2D eigenvalue weighted by Gasteiger charge is -2.17. The van der Waals surface area contributed by atoms with E-state index in [1.165, 1.54) is 19.2 Å². The number of rotatable bonds is 10. The summed E-state index contributed by atoms with van der Waals surface area (Å²) in [5.74, 6) is -0.373. The van der Waals surface area contributed by atoms with Crippen molar-refractivity contribution in [2.45, 2.75) is 24.7 Å². The van der Waals surface area contributed by atoms with Crippen molar-refractivity contribution in [1.82, 2.24) is 9.62 Å². The highest BCUT2D eigenvalue weighted by atomic mass is 32.2. The summed E-state index contributed by atoms with van der Waals surface area (Å²) >= 11 is 0. The lowest BCUT2D eigenvalue weighted by molar-refractivity contribution is -0.121. The first-order chi connectivity index (χ1) is 15.0. The Bertz CT molecular complexity index is 1090. The second kappa shape index (κ2) is 10.9. The number of nitrogens with one attached hydrogen (secondary N) is 1. The normalized spacial score (nSPS) is 11.4. The maximum absolute atomic E-state index is 12.6. The van der Waals surface area contributed by atoms with E-state index < -0.39 is 10.0 Å². The lowest BCUT2D eigenvalue weighted by Crippen LogP contribution is -2.38. The molecule has 0 saturated carbocycles. The Hall–Kier alpha value is -3.00. The van der Waals surface area contributed by atoms with Gasteiger partial charge in [-0.15, -0.1) is 0 Å². The number of carbonyl (C=O) groups is 1. The van der Waals surface area contributed by atoms with Gasteiger partial charge in [-0.25, -0.2) is 8.42 Å². The van der Waals surface area contributed by atoms with E-state index in [1.807, 2.05) is 54.6 Å². The van der Waals surface area contributed by atoms with Gasteiger partial charge in [0, 0.05) is 13.6 Å². The Morgan fingerprint density at radius 2 is 1.42 bits per heavy atom. The molecule has 6 nitrogen and oxygen atoms in total. The molecule has 0 spiro atoms. The molecule has 3 aromatic rings. The van der Waals surface area contributed by atoms with Crippen LogP contribution in [-0.2, 0) is 39.3 Å². The van der Waals surface area contributed by atoms with Gasteiger partial charge in [-0.3, -0.25) is 4.79 Å². The first kappa shape index (κ1) is 22.7. The van der Waals surface area contributed by atoms with Crippen LogP contribution in [-0.4, -0.2) is 32.2 Å². The number of nitrogens with zero attached hydrogens (tertiary/aromatic N) is 1. The molecule has 0 aliphatic heterocycles. The average Bonchev–Trinajstić information content (AvgIpc) is 2.79. The Morgan fingerprint density at radius 3 is 2.10 bits per heavy atom. The van der Waals surface area contributed by atoms with Gasteiger partial charge in [0.25, 0.3) is 0 Å². The second-order valence-corrected chi connectivity index (χ2v) is 9.14. The molecule has 0 aromatic heterocycles. The summed E-state index contributed by atoms with van der Waals surface area (Å²) in [7, 11) is -2.31. The fraction of sp³-hybridized carbons (Fsp3) is 0.208. The summed E-state index contributed by atoms with van der Waals surface area (Å²) in [5, 5.41) is 2.80. The van der Waals surface area contributed by atoms with Gasteiger partial charge in [0.2, 0.25) is 15.9 Å². The maximum atomic E-state index is 12.6. The minimum absolute atomic E-state index is 0.159. The third-order valence-electron chi connectivity index (χ3n) is 4.78. The van der Waals surface area contributed by atoms with E-state index in [2.05, 4.69) is 5.32 Å². The van der Waals surface area contributed by atoms with Gasteiger partial charge in [-0.2, -0.15) is 4.31 Å². The molecule has 0 saturated heterocycles. The van der Waals surface area contributed by atoms with Crippen LogP contribution < -0.4 is 5.32 Å². The number of amides is 1. The molecule has 7 heteroatoms. The van der Waals surface area contributed by atoms with Crippen molar-refractivity contribution in [1.29, 1.82) is 0 Å². The number of hydrogen-bond acceptors (Lipinski definition) is 4. The Labute approximate surface area is 183 Å². The second-order valence-electron chi connectivity index (χ2n) is 7.10. The van der Waals surface area contributed by atoms with Gasteiger partial charge in [0.05, 0.1) is 24.7 Å². The van der Waals surface area contributed by atoms with Crippen LogP contribution in [0.5, 0.6) is 0 Å². The molecule has 0 heterocycles. The molecule has 0 fully saturated rings. The van der Waals surface area contributed by atoms with Crippen LogP contribution in [0.4, 0.5) is 0 Å². The minimum atomic E-state index is -3.71. The average molecular weight is 439 g/mol. The predicted octanol–water partition coefficient (Wildman–Crippen LogP) is 3.34. The van der Waals surface area contributed by atoms with E-state index in [1.54, 1.807) is 18.2 Å². The fourth-order valence-corrected chi connectivity index (χ4v) is 4.18. The molecule has 0 radical (unpaired) electrons. The fourth-order valence-electron chi connectivity index (χ4n) is 3.03. The summed E-state index contributed by atoms with van der Waals surface area (Å²) in [5.41, 5.74) is 3.00. The Balaban J connectivity index is 1.53. The molecule has 162 valence electrons. The summed E-state index contributed by atoms with van der Waals surface area (Å²) < 4.78 is 32.0.